The van der Waals surface area contributed by atoms with E-state index in [4.69, 9.17) is 49.2 Å². The van der Waals surface area contributed by atoms with Crippen molar-refractivity contribution >= 4 is 45.5 Å². The third-order valence-corrected chi connectivity index (χ3v) is 4.51. The van der Waals surface area contributed by atoms with Crippen LogP contribution in [0.5, 0.6) is 0 Å². The number of hydrogen-bond acceptors (Lipinski definition) is 21. The van der Waals surface area contributed by atoms with Crippen LogP contribution in [0.3, 0.4) is 0 Å². The summed E-state index contributed by atoms with van der Waals surface area (Å²) in [5.74, 6) is 0. The van der Waals surface area contributed by atoms with Crippen LogP contribution in [0, 0.1) is 0 Å². The molecule has 0 aromatic carbocycles. The minimum Gasteiger partial charge on any atom is -0.831 e. The van der Waals surface area contributed by atoms with E-state index < -0.39 is 44.0 Å². The second kappa shape index (κ2) is 75.7. The molecule has 0 aromatic heterocycles. The minimum atomic E-state index is -0.926. The molecule has 7 atom stereocenters. The van der Waals surface area contributed by atoms with Crippen molar-refractivity contribution < 1.29 is 124 Å². The average Bonchev–Trinajstić information content (AvgIpc) is 3.10. The zero-order chi connectivity index (χ0) is 44.8. The Balaban J connectivity index is -0.0000000686. The fraction of sp³-hybridized carbons (Fsp3) is 1.00. The molecule has 0 spiro atoms. The van der Waals surface area contributed by atoms with Crippen molar-refractivity contribution in [1.29, 1.82) is 0 Å². The van der Waals surface area contributed by atoms with Crippen molar-refractivity contribution in [2.45, 2.75) is 92.5 Å². The number of ether oxygens (including phenoxy) is 14. The molecular formula is C35H82O21SrTa. The molecule has 0 aromatic rings. The van der Waals surface area contributed by atoms with Crippen molar-refractivity contribution in [3.05, 3.63) is 0 Å². The van der Waals surface area contributed by atoms with Crippen LogP contribution in [0.25, 0.3) is 0 Å². The van der Waals surface area contributed by atoms with E-state index in [-0.39, 0.29) is 67.9 Å². The van der Waals surface area contributed by atoms with Crippen LogP contribution in [0.1, 0.15) is 48.5 Å². The van der Waals surface area contributed by atoms with Crippen LogP contribution >= 0.6 is 0 Å². The second-order valence-electron chi connectivity index (χ2n) is 10.2. The van der Waals surface area contributed by atoms with Crippen molar-refractivity contribution in [2.24, 2.45) is 0 Å². The first-order valence-corrected chi connectivity index (χ1v) is 17.9. The molecule has 0 aliphatic rings. The predicted octanol–water partition coefficient (Wildman–Crippen LogP) is -1.73. The summed E-state index contributed by atoms with van der Waals surface area (Å²) in [6.07, 6.45) is -5.23. The molecule has 0 heterocycles. The molecular weight excluding hydrogens is 1020 g/mol. The van der Waals surface area contributed by atoms with E-state index in [0.717, 1.165) is 0 Å². The van der Waals surface area contributed by atoms with Gasteiger partial charge in [0, 0.05) is 72.1 Å². The van der Waals surface area contributed by atoms with Crippen molar-refractivity contribution in [2.75, 3.05) is 142 Å². The van der Waals surface area contributed by atoms with E-state index in [0.29, 0.717) is 92.5 Å². The summed E-state index contributed by atoms with van der Waals surface area (Å²) in [5, 5.41) is 62.8. The van der Waals surface area contributed by atoms with Crippen molar-refractivity contribution in [3.63, 3.8) is 0 Å². The summed E-state index contributed by atoms with van der Waals surface area (Å²) < 4.78 is 65.3. The van der Waals surface area contributed by atoms with Gasteiger partial charge in [-0.05, 0) is 47.2 Å². The molecule has 23 heteroatoms. The van der Waals surface area contributed by atoms with Crippen LogP contribution in [0.2, 0.25) is 0 Å². The van der Waals surface area contributed by atoms with Gasteiger partial charge in [-0.15, -0.1) is 0 Å². The quantitative estimate of drug-likeness (QED) is 0.0331. The van der Waals surface area contributed by atoms with Crippen LogP contribution in [-0.2, 0) is 88.7 Å². The number of rotatable bonds is 28. The monoisotopic (exact) mass is 1110 g/mol. The Morgan fingerprint density at radius 3 is 0.500 bits per heavy atom. The molecule has 5 N–H and O–H groups in total. The Hall–Kier alpha value is 1.38. The van der Waals surface area contributed by atoms with E-state index in [2.05, 4.69) is 42.6 Å². The Kier molecular flexibility index (Phi) is 104. The molecule has 0 bridgehead atoms. The first-order valence-electron chi connectivity index (χ1n) is 17.9. The molecule has 355 valence electrons. The second-order valence-corrected chi connectivity index (χ2v) is 10.2. The van der Waals surface area contributed by atoms with Gasteiger partial charge in [0.2, 0.25) is 0 Å². The fourth-order valence-electron chi connectivity index (χ4n) is 2.10. The molecule has 0 aliphatic carbocycles. The molecule has 0 fully saturated rings. The Morgan fingerprint density at radius 2 is 0.414 bits per heavy atom. The van der Waals surface area contributed by atoms with E-state index in [1.54, 1.807) is 84.4 Å². The van der Waals surface area contributed by atoms with Crippen molar-refractivity contribution in [3.8, 4) is 0 Å². The van der Waals surface area contributed by atoms with Gasteiger partial charge in [0.05, 0.1) is 92.5 Å². The number of aliphatic hydroxyl groups is 5. The molecule has 0 amide bonds. The summed E-state index contributed by atoms with van der Waals surface area (Å²) in [6, 6.07) is 0. The first-order chi connectivity index (χ1) is 26.4. The molecule has 0 saturated carbocycles. The van der Waals surface area contributed by atoms with Gasteiger partial charge in [-0.1, -0.05) is 13.8 Å². The summed E-state index contributed by atoms with van der Waals surface area (Å²) in [7, 11) is 11.1. The molecule has 58 heavy (non-hydrogen) atoms. The molecule has 0 aliphatic heterocycles. The largest absolute Gasteiger partial charge is 2.00 e. The SMILES string of the molecule is COCCOC(C)O.COCCOC(C)O.COCCOC(C)O.COCCOC(C)O.COCCOC(C)O.COCCOC(C)[O-].COCCOC(C)[O-].[Sr+2].[Ta]. The Labute approximate surface area is 401 Å². The summed E-state index contributed by atoms with van der Waals surface area (Å²) >= 11 is 0. The van der Waals surface area contributed by atoms with E-state index in [1.165, 1.54) is 13.8 Å². The third kappa shape index (κ3) is 138. The van der Waals surface area contributed by atoms with Crippen LogP contribution < -0.4 is 10.2 Å². The topological polar surface area (TPSA) is 276 Å². The maximum absolute atomic E-state index is 10.1. The number of aliphatic hydroxyl groups excluding tert-OH is 5. The van der Waals surface area contributed by atoms with Crippen LogP contribution in [0.15, 0.2) is 0 Å². The summed E-state index contributed by atoms with van der Waals surface area (Å²) in [6.45, 7) is 17.4. The Bertz CT molecular complexity index is 467. The summed E-state index contributed by atoms with van der Waals surface area (Å²) in [5.41, 5.74) is 0. The number of methoxy groups -OCH3 is 7. The standard InChI is InChI=1S/5C5H12O3.2C5H11O3.Sr.Ta/c7*1-5(6)8-4-3-7-2;;/h5*5-6H,3-4H2,1-2H3;2*5H,3-4H2,1-2H3;;/q;;;;;2*-1;+2;. The zero-order valence-corrected chi connectivity index (χ0v) is 44.6. The van der Waals surface area contributed by atoms with E-state index in [9.17, 15) is 10.2 Å². The van der Waals surface area contributed by atoms with E-state index in [1.807, 2.05) is 0 Å². The van der Waals surface area contributed by atoms with Gasteiger partial charge in [-0.2, -0.15) is 0 Å². The normalized spacial score (nSPS) is 13.4. The van der Waals surface area contributed by atoms with Gasteiger partial charge >= 0.3 is 45.5 Å². The van der Waals surface area contributed by atoms with Gasteiger partial charge < -0.3 is 102 Å². The maximum Gasteiger partial charge on any atom is 2.00 e. The zero-order valence-electron chi connectivity index (χ0n) is 37.9. The van der Waals surface area contributed by atoms with Crippen LogP contribution in [0.4, 0.5) is 0 Å². The van der Waals surface area contributed by atoms with Crippen molar-refractivity contribution in [1.82, 2.24) is 0 Å². The van der Waals surface area contributed by atoms with Gasteiger partial charge in [-0.25, -0.2) is 0 Å². The van der Waals surface area contributed by atoms with Gasteiger partial charge in [0.25, 0.3) is 0 Å². The predicted molar refractivity (Wildman–Crippen MR) is 208 cm³/mol. The minimum absolute atomic E-state index is 0. The van der Waals surface area contributed by atoms with Gasteiger partial charge in [0.15, 0.2) is 31.5 Å². The van der Waals surface area contributed by atoms with Crippen LogP contribution in [-0.4, -0.2) is 257 Å². The maximum atomic E-state index is 10.1. The smallest absolute Gasteiger partial charge is 0.831 e. The van der Waals surface area contributed by atoms with Gasteiger partial charge in [-0.3, -0.25) is 0 Å². The van der Waals surface area contributed by atoms with Gasteiger partial charge in [0.1, 0.15) is 0 Å². The third-order valence-electron chi connectivity index (χ3n) is 4.51. The molecule has 21 nitrogen and oxygen atoms in total. The molecule has 7 unspecified atom stereocenters. The average molecular weight is 1110 g/mol. The molecule has 1 radical (unpaired) electrons. The number of hydrogen-bond donors (Lipinski definition) is 5. The Morgan fingerprint density at radius 1 is 0.293 bits per heavy atom. The fourth-order valence-corrected chi connectivity index (χ4v) is 2.10. The molecule has 0 saturated heterocycles. The first kappa shape index (κ1) is 79.7. The summed E-state index contributed by atoms with van der Waals surface area (Å²) in [4.78, 5) is 0. The van der Waals surface area contributed by atoms with E-state index >= 15 is 0 Å². The molecule has 0 rings (SSSR count).